The third-order valence-corrected chi connectivity index (χ3v) is 9.20. The second kappa shape index (κ2) is 9.14. The lowest BCUT2D eigenvalue weighted by Crippen LogP contribution is -1.95. The molecule has 0 unspecified atom stereocenters. The Kier molecular flexibility index (Phi) is 5.28. The molecule has 0 saturated carbocycles. The minimum absolute atomic E-state index is 0.938. The summed E-state index contributed by atoms with van der Waals surface area (Å²) < 4.78 is 7.42. The van der Waals surface area contributed by atoms with E-state index in [1.165, 1.54) is 69.8 Å². The van der Waals surface area contributed by atoms with Crippen molar-refractivity contribution >= 4 is 64.2 Å². The van der Waals surface area contributed by atoms with E-state index in [4.69, 9.17) is 0 Å². The third kappa shape index (κ3) is 3.49. The summed E-state index contributed by atoms with van der Waals surface area (Å²) in [5.41, 5.74) is 10.3. The van der Waals surface area contributed by atoms with Crippen molar-refractivity contribution in [3.05, 3.63) is 139 Å². The Balaban J connectivity index is 1.34. The monoisotopic (exact) mass is 530 g/mol. The van der Waals surface area contributed by atoms with Gasteiger partial charge in [0.25, 0.3) is 0 Å². The summed E-state index contributed by atoms with van der Waals surface area (Å²) in [5, 5.41) is 6.48. The Labute approximate surface area is 236 Å². The van der Waals surface area contributed by atoms with Gasteiger partial charge in [0.2, 0.25) is 0 Å². The summed E-state index contributed by atoms with van der Waals surface area (Å²) in [7, 11) is 0. The average Bonchev–Trinajstić information content (AvgIpc) is 3.66. The van der Waals surface area contributed by atoms with E-state index in [2.05, 4.69) is 137 Å². The summed E-state index contributed by atoms with van der Waals surface area (Å²) in [6.07, 6.45) is 6.23. The molecular formula is C37H26N2S. The molecule has 190 valence electrons. The SMILES string of the molecule is C=C=CCCc1cn(-c2ccc3c(c2)c2ccccc2n3-c2ccc3sc4ccccc4c3c2)c2ccccc12. The Morgan fingerprint density at radius 3 is 2.17 bits per heavy atom. The zero-order valence-electron chi connectivity index (χ0n) is 22.0. The van der Waals surface area contributed by atoms with E-state index in [1.54, 1.807) is 0 Å². The highest BCUT2D eigenvalue weighted by Gasteiger charge is 2.16. The van der Waals surface area contributed by atoms with Gasteiger partial charge in [-0.3, -0.25) is 0 Å². The lowest BCUT2D eigenvalue weighted by molar-refractivity contribution is 0.998. The van der Waals surface area contributed by atoms with Gasteiger partial charge in [0.1, 0.15) is 0 Å². The molecule has 8 aromatic rings. The number of thiophene rings is 1. The van der Waals surface area contributed by atoms with E-state index in [9.17, 15) is 0 Å². The molecular weight excluding hydrogens is 504 g/mol. The number of hydrogen-bond donors (Lipinski definition) is 0. The first-order chi connectivity index (χ1) is 19.8. The first-order valence-corrected chi connectivity index (χ1v) is 14.5. The van der Waals surface area contributed by atoms with Crippen LogP contribution >= 0.6 is 11.3 Å². The minimum Gasteiger partial charge on any atom is -0.316 e. The van der Waals surface area contributed by atoms with Gasteiger partial charge >= 0.3 is 0 Å². The number of aromatic nitrogens is 2. The topological polar surface area (TPSA) is 9.86 Å². The van der Waals surface area contributed by atoms with Gasteiger partial charge in [0.05, 0.1) is 16.6 Å². The van der Waals surface area contributed by atoms with Crippen molar-refractivity contribution in [3.63, 3.8) is 0 Å². The number of para-hydroxylation sites is 2. The number of allylic oxidation sites excluding steroid dienone is 1. The molecule has 0 amide bonds. The van der Waals surface area contributed by atoms with Crippen LogP contribution in [0.3, 0.4) is 0 Å². The number of benzene rings is 5. The molecule has 0 atom stereocenters. The molecule has 0 saturated heterocycles. The molecule has 5 aromatic carbocycles. The van der Waals surface area contributed by atoms with Crippen molar-refractivity contribution in [2.24, 2.45) is 0 Å². The predicted molar refractivity (Wildman–Crippen MR) is 173 cm³/mol. The van der Waals surface area contributed by atoms with Crippen LogP contribution in [0.1, 0.15) is 12.0 Å². The van der Waals surface area contributed by atoms with E-state index in [1.807, 2.05) is 17.4 Å². The molecule has 0 radical (unpaired) electrons. The van der Waals surface area contributed by atoms with Gasteiger partial charge in [-0.2, -0.15) is 0 Å². The Morgan fingerprint density at radius 1 is 0.625 bits per heavy atom. The molecule has 0 bridgehead atoms. The van der Waals surface area contributed by atoms with Crippen LogP contribution in [0.4, 0.5) is 0 Å². The molecule has 3 heteroatoms. The van der Waals surface area contributed by atoms with Crippen molar-refractivity contribution < 1.29 is 0 Å². The van der Waals surface area contributed by atoms with Crippen molar-refractivity contribution in [3.8, 4) is 11.4 Å². The van der Waals surface area contributed by atoms with Crippen molar-refractivity contribution in [1.29, 1.82) is 0 Å². The lowest BCUT2D eigenvalue weighted by atomic mass is 10.1. The van der Waals surface area contributed by atoms with Crippen LogP contribution in [-0.2, 0) is 6.42 Å². The molecule has 0 spiro atoms. The van der Waals surface area contributed by atoms with E-state index < -0.39 is 0 Å². The molecule has 0 fully saturated rings. The van der Waals surface area contributed by atoms with Gasteiger partial charge in [0.15, 0.2) is 0 Å². The van der Waals surface area contributed by atoms with Crippen LogP contribution in [0.25, 0.3) is 64.3 Å². The first kappa shape index (κ1) is 23.1. The zero-order chi connectivity index (χ0) is 26.6. The van der Waals surface area contributed by atoms with Gasteiger partial charge in [0, 0.05) is 53.9 Å². The maximum absolute atomic E-state index is 3.72. The van der Waals surface area contributed by atoms with Gasteiger partial charge in [-0.15, -0.1) is 17.1 Å². The van der Waals surface area contributed by atoms with E-state index >= 15 is 0 Å². The number of rotatable bonds is 5. The second-order valence-electron chi connectivity index (χ2n) is 10.3. The zero-order valence-corrected chi connectivity index (χ0v) is 22.8. The second-order valence-corrected chi connectivity index (χ2v) is 11.4. The molecule has 0 aliphatic heterocycles. The molecule has 0 N–H and O–H groups in total. The summed E-state index contributed by atoms with van der Waals surface area (Å²) >= 11 is 1.86. The minimum atomic E-state index is 0.938. The molecule has 2 nitrogen and oxygen atoms in total. The smallest absolute Gasteiger partial charge is 0.0542 e. The van der Waals surface area contributed by atoms with Crippen LogP contribution in [0, 0.1) is 0 Å². The fraction of sp³-hybridized carbons (Fsp3) is 0.0541. The van der Waals surface area contributed by atoms with Gasteiger partial charge in [-0.1, -0.05) is 61.2 Å². The number of hydrogen-bond acceptors (Lipinski definition) is 1. The summed E-state index contributed by atoms with van der Waals surface area (Å²) in [6, 6.07) is 40.0. The summed E-state index contributed by atoms with van der Waals surface area (Å²) in [5.74, 6) is 0. The average molecular weight is 531 g/mol. The van der Waals surface area contributed by atoms with Gasteiger partial charge < -0.3 is 9.13 Å². The van der Waals surface area contributed by atoms with E-state index in [-0.39, 0.29) is 0 Å². The maximum atomic E-state index is 3.72. The van der Waals surface area contributed by atoms with Crippen LogP contribution in [0.2, 0.25) is 0 Å². The number of fused-ring (bicyclic) bond motifs is 7. The molecule has 3 aromatic heterocycles. The third-order valence-electron chi connectivity index (χ3n) is 8.05. The highest BCUT2D eigenvalue weighted by Crippen LogP contribution is 2.38. The molecule has 0 aliphatic carbocycles. The fourth-order valence-electron chi connectivity index (χ4n) is 6.23. The van der Waals surface area contributed by atoms with Crippen molar-refractivity contribution in [2.45, 2.75) is 12.8 Å². The lowest BCUT2D eigenvalue weighted by Gasteiger charge is -2.10. The van der Waals surface area contributed by atoms with E-state index in [0.717, 1.165) is 12.8 Å². The Bertz CT molecular complexity index is 2280. The highest BCUT2D eigenvalue weighted by atomic mass is 32.1. The Hall–Kier alpha value is -4.82. The number of aryl methyl sites for hydroxylation is 1. The maximum Gasteiger partial charge on any atom is 0.0542 e. The highest BCUT2D eigenvalue weighted by molar-refractivity contribution is 7.25. The summed E-state index contributed by atoms with van der Waals surface area (Å²) in [6.45, 7) is 3.72. The van der Waals surface area contributed by atoms with Crippen molar-refractivity contribution in [2.75, 3.05) is 0 Å². The largest absolute Gasteiger partial charge is 0.316 e. The standard InChI is InChI=1S/C37H26N2S/c1-2-3-4-11-25-24-38(33-15-8-5-12-28(25)33)26-18-20-35-31(22-26)29-13-6-9-16-34(29)39(35)27-19-21-37-32(23-27)30-14-7-10-17-36(30)40-37/h3,5-10,12-24H,1,4,11H2. The fourth-order valence-corrected chi connectivity index (χ4v) is 7.32. The first-order valence-electron chi connectivity index (χ1n) is 13.7. The normalized spacial score (nSPS) is 11.7. The van der Waals surface area contributed by atoms with Crippen LogP contribution in [0.5, 0.6) is 0 Å². The van der Waals surface area contributed by atoms with Gasteiger partial charge in [-0.25, -0.2) is 0 Å². The van der Waals surface area contributed by atoms with Crippen LogP contribution in [0.15, 0.2) is 134 Å². The molecule has 3 heterocycles. The predicted octanol–water partition coefficient (Wildman–Crippen LogP) is 10.4. The Morgan fingerprint density at radius 2 is 1.30 bits per heavy atom. The summed E-state index contributed by atoms with van der Waals surface area (Å²) in [4.78, 5) is 0. The number of nitrogens with zero attached hydrogens (tertiary/aromatic N) is 2. The quantitative estimate of drug-likeness (QED) is 0.196. The van der Waals surface area contributed by atoms with Crippen LogP contribution in [-0.4, -0.2) is 9.13 Å². The molecule has 8 rings (SSSR count). The van der Waals surface area contributed by atoms with Gasteiger partial charge in [-0.05, 0) is 79.1 Å². The molecule has 0 aliphatic rings. The van der Waals surface area contributed by atoms with Crippen LogP contribution < -0.4 is 0 Å². The van der Waals surface area contributed by atoms with Crippen molar-refractivity contribution in [1.82, 2.24) is 9.13 Å². The molecule has 40 heavy (non-hydrogen) atoms. The van der Waals surface area contributed by atoms with E-state index in [0.29, 0.717) is 0 Å².